The summed E-state index contributed by atoms with van der Waals surface area (Å²) in [6, 6.07) is 0. The summed E-state index contributed by atoms with van der Waals surface area (Å²) in [4.78, 5) is 0. The number of aliphatic hydroxyl groups excluding tert-OH is 1. The highest BCUT2D eigenvalue weighted by Crippen LogP contribution is 2.68. The molecule has 0 spiro atoms. The van der Waals surface area contributed by atoms with Crippen LogP contribution in [-0.2, 0) is 14.6 Å². The zero-order chi connectivity index (χ0) is 24.2. The van der Waals surface area contributed by atoms with E-state index in [1.54, 1.807) is 0 Å². The predicted octanol–water partition coefficient (Wildman–Crippen LogP) is 6.27. The Labute approximate surface area is 202 Å². The summed E-state index contributed by atoms with van der Waals surface area (Å²) < 4.78 is 38.5. The van der Waals surface area contributed by atoms with Crippen LogP contribution in [0.2, 0.25) is 0 Å². The van der Waals surface area contributed by atoms with Crippen molar-refractivity contribution < 1.29 is 22.3 Å². The Morgan fingerprint density at radius 2 is 1.58 bits per heavy atom. The highest BCUT2D eigenvalue weighted by molar-refractivity contribution is 7.80. The molecular weight excluding hydrogens is 436 g/mol. The average molecular weight is 485 g/mol. The minimum Gasteiger partial charge on any atom is -0.393 e. The topological polar surface area (TPSA) is 83.8 Å². The third-order valence-corrected chi connectivity index (χ3v) is 11.6. The molecule has 4 saturated carbocycles. The van der Waals surface area contributed by atoms with Gasteiger partial charge in [0.15, 0.2) is 0 Å². The van der Waals surface area contributed by atoms with Crippen LogP contribution >= 0.6 is 0 Å². The normalized spacial score (nSPS) is 46.5. The van der Waals surface area contributed by atoms with Gasteiger partial charge in [-0.1, -0.05) is 53.9 Å². The highest BCUT2D eigenvalue weighted by Gasteiger charge is 2.63. The highest BCUT2D eigenvalue weighted by atomic mass is 32.3. The fourth-order valence-electron chi connectivity index (χ4n) is 9.53. The quantitative estimate of drug-likeness (QED) is 0.416. The zero-order valence-electron chi connectivity index (χ0n) is 21.5. The maximum Gasteiger partial charge on any atom is 0.397 e. The first kappa shape index (κ1) is 25.9. The van der Waals surface area contributed by atoms with Crippen molar-refractivity contribution in [3.63, 3.8) is 0 Å². The molecule has 4 aliphatic carbocycles. The molecule has 2 N–H and O–H groups in total. The summed E-state index contributed by atoms with van der Waals surface area (Å²) in [6.45, 7) is 11.9. The molecule has 4 aliphatic rings. The van der Waals surface area contributed by atoms with Gasteiger partial charge >= 0.3 is 10.4 Å². The molecule has 0 heterocycles. The van der Waals surface area contributed by atoms with Gasteiger partial charge in [0.25, 0.3) is 0 Å². The molecule has 0 aromatic carbocycles. The van der Waals surface area contributed by atoms with Crippen molar-refractivity contribution in [1.82, 2.24) is 0 Å². The van der Waals surface area contributed by atoms with Crippen LogP contribution in [0, 0.1) is 52.3 Å². The molecule has 5 nitrogen and oxygen atoms in total. The third-order valence-electron chi connectivity index (χ3n) is 11.1. The Bertz CT molecular complexity index is 796. The number of rotatable bonds is 7. The molecule has 4 rings (SSSR count). The molecule has 0 saturated heterocycles. The molecule has 10 atom stereocenters. The van der Waals surface area contributed by atoms with Crippen LogP contribution in [-0.4, -0.2) is 30.3 Å². The van der Waals surface area contributed by atoms with E-state index >= 15 is 0 Å². The first-order chi connectivity index (χ1) is 15.3. The summed E-state index contributed by atoms with van der Waals surface area (Å²) in [5.41, 5.74) is 0.290. The van der Waals surface area contributed by atoms with Crippen molar-refractivity contribution in [2.75, 3.05) is 0 Å². The van der Waals surface area contributed by atoms with E-state index in [0.717, 1.165) is 30.6 Å². The lowest BCUT2D eigenvalue weighted by Gasteiger charge is -2.62. The van der Waals surface area contributed by atoms with E-state index in [4.69, 9.17) is 4.18 Å². The van der Waals surface area contributed by atoms with Crippen LogP contribution < -0.4 is 0 Å². The van der Waals surface area contributed by atoms with Crippen LogP contribution in [0.5, 0.6) is 0 Å². The molecule has 0 aromatic heterocycles. The minimum absolute atomic E-state index is 0.0130. The maximum absolute atomic E-state index is 11.8. The molecule has 0 radical (unpaired) electrons. The Morgan fingerprint density at radius 3 is 2.24 bits per heavy atom. The van der Waals surface area contributed by atoms with E-state index < -0.39 is 22.6 Å². The van der Waals surface area contributed by atoms with Gasteiger partial charge in [-0.15, -0.1) is 0 Å². The monoisotopic (exact) mass is 484 g/mol. The van der Waals surface area contributed by atoms with Crippen LogP contribution in [0.1, 0.15) is 105 Å². The second kappa shape index (κ2) is 9.37. The van der Waals surface area contributed by atoms with Crippen molar-refractivity contribution in [2.45, 2.75) is 117 Å². The Hall–Kier alpha value is -0.170. The number of hydrogen-bond donors (Lipinski definition) is 2. The lowest BCUT2D eigenvalue weighted by atomic mass is 9.43. The SMILES string of the molecule is CC(C)CCC[C@@H](C)[C@H]1CC[C@H]2[C@@H]3CC(OS(=O)(=O)O)C4CC(O)CC[C@]4(C)[C@H]3CC[C@]12C. The minimum atomic E-state index is -4.52. The van der Waals surface area contributed by atoms with Gasteiger partial charge in [0, 0.05) is 0 Å². The van der Waals surface area contributed by atoms with E-state index in [2.05, 4.69) is 34.6 Å². The average Bonchev–Trinajstić information content (AvgIpc) is 3.05. The summed E-state index contributed by atoms with van der Waals surface area (Å²) >= 11 is 0. The van der Waals surface area contributed by atoms with Gasteiger partial charge < -0.3 is 5.11 Å². The van der Waals surface area contributed by atoms with Crippen molar-refractivity contribution in [2.24, 2.45) is 52.3 Å². The Kier molecular flexibility index (Phi) is 7.35. The number of hydrogen-bond acceptors (Lipinski definition) is 4. The lowest BCUT2D eigenvalue weighted by molar-refractivity contribution is -0.166. The predicted molar refractivity (Wildman–Crippen MR) is 131 cm³/mol. The number of aliphatic hydroxyl groups is 1. The molecule has 192 valence electrons. The summed E-state index contributed by atoms with van der Waals surface area (Å²) in [5, 5.41) is 10.4. The zero-order valence-corrected chi connectivity index (χ0v) is 22.3. The van der Waals surface area contributed by atoms with E-state index in [1.807, 2.05) is 0 Å². The molecule has 4 fully saturated rings. The molecule has 0 aromatic rings. The van der Waals surface area contributed by atoms with Crippen LogP contribution in [0.3, 0.4) is 0 Å². The third kappa shape index (κ3) is 4.93. The fraction of sp³-hybridized carbons (Fsp3) is 1.00. The second-order valence-corrected chi connectivity index (χ2v) is 14.3. The van der Waals surface area contributed by atoms with Gasteiger partial charge in [-0.05, 0) is 104 Å². The maximum atomic E-state index is 11.8. The van der Waals surface area contributed by atoms with Gasteiger partial charge in [0.2, 0.25) is 0 Å². The molecular formula is C27H48O5S. The van der Waals surface area contributed by atoms with Gasteiger partial charge in [0.1, 0.15) is 0 Å². The molecule has 0 aliphatic heterocycles. The van der Waals surface area contributed by atoms with Crippen LogP contribution in [0.15, 0.2) is 0 Å². The van der Waals surface area contributed by atoms with Crippen molar-refractivity contribution in [1.29, 1.82) is 0 Å². The molecule has 6 heteroatoms. The molecule has 0 bridgehead atoms. The smallest absolute Gasteiger partial charge is 0.393 e. The van der Waals surface area contributed by atoms with E-state index in [1.165, 1.54) is 44.9 Å². The van der Waals surface area contributed by atoms with Crippen LogP contribution in [0.25, 0.3) is 0 Å². The van der Waals surface area contributed by atoms with Gasteiger partial charge in [-0.2, -0.15) is 8.42 Å². The Balaban J connectivity index is 1.57. The van der Waals surface area contributed by atoms with Gasteiger partial charge in [-0.25, -0.2) is 4.18 Å². The largest absolute Gasteiger partial charge is 0.397 e. The molecule has 3 unspecified atom stereocenters. The molecule has 0 amide bonds. The molecule has 33 heavy (non-hydrogen) atoms. The van der Waals surface area contributed by atoms with Crippen molar-refractivity contribution in [3.05, 3.63) is 0 Å². The van der Waals surface area contributed by atoms with Crippen molar-refractivity contribution in [3.8, 4) is 0 Å². The summed E-state index contributed by atoms with van der Waals surface area (Å²) in [7, 11) is -4.52. The van der Waals surface area contributed by atoms with E-state index in [9.17, 15) is 18.1 Å². The second-order valence-electron chi connectivity index (χ2n) is 13.2. The fourth-order valence-corrected chi connectivity index (χ4v) is 10.1. The lowest BCUT2D eigenvalue weighted by Crippen LogP contribution is -2.59. The Morgan fingerprint density at radius 1 is 0.909 bits per heavy atom. The van der Waals surface area contributed by atoms with Crippen molar-refractivity contribution >= 4 is 10.4 Å². The van der Waals surface area contributed by atoms with Gasteiger partial charge in [-0.3, -0.25) is 4.55 Å². The van der Waals surface area contributed by atoms with E-state index in [0.29, 0.717) is 36.0 Å². The van der Waals surface area contributed by atoms with Crippen LogP contribution in [0.4, 0.5) is 0 Å². The first-order valence-electron chi connectivity index (χ1n) is 13.7. The van der Waals surface area contributed by atoms with Gasteiger partial charge in [0.05, 0.1) is 12.2 Å². The first-order valence-corrected chi connectivity index (χ1v) is 15.1. The summed E-state index contributed by atoms with van der Waals surface area (Å²) in [5.74, 6) is 3.84. The number of fused-ring (bicyclic) bond motifs is 5. The standard InChI is InChI=1S/C27H48O5S/c1-17(2)7-6-8-18(3)21-9-10-22-20-16-25(32-33(29,30)31)24-15-19(28)11-13-27(24,5)23(20)12-14-26(21,22)4/h17-25,28H,6-16H2,1-5H3,(H,29,30,31)/t18-,19?,20+,21-,22+,23+,24?,25?,26-,27-/m1/s1. The van der Waals surface area contributed by atoms with E-state index in [-0.39, 0.29) is 11.3 Å². The summed E-state index contributed by atoms with van der Waals surface area (Å²) in [6.07, 6.45) is 11.0.